The first-order valence-electron chi connectivity index (χ1n) is 9.65. The van der Waals surface area contributed by atoms with E-state index in [0.29, 0.717) is 0 Å². The number of aliphatic carboxylic acids is 1. The first kappa shape index (κ1) is 21.3. The smallest absolute Gasteiger partial charge is 0.407 e. The van der Waals surface area contributed by atoms with Crippen LogP contribution >= 0.6 is 0 Å². The van der Waals surface area contributed by atoms with Gasteiger partial charge >= 0.3 is 12.1 Å². The number of ether oxygens (including phenoxy) is 1. The Morgan fingerprint density at radius 2 is 1.63 bits per heavy atom. The number of aliphatic hydroxyl groups is 1. The van der Waals surface area contributed by atoms with E-state index in [9.17, 15) is 14.4 Å². The second-order valence-corrected chi connectivity index (χ2v) is 7.07. The van der Waals surface area contributed by atoms with Gasteiger partial charge in [-0.1, -0.05) is 48.5 Å². The number of amides is 2. The third-order valence-electron chi connectivity index (χ3n) is 5.06. The summed E-state index contributed by atoms with van der Waals surface area (Å²) >= 11 is 0. The molecule has 2 amide bonds. The van der Waals surface area contributed by atoms with Gasteiger partial charge in [0.05, 0.1) is 6.61 Å². The molecule has 1 atom stereocenters. The molecule has 8 nitrogen and oxygen atoms in total. The van der Waals surface area contributed by atoms with Crippen molar-refractivity contribution in [1.82, 2.24) is 10.2 Å². The quantitative estimate of drug-likeness (QED) is 0.609. The number of alkyl carbamates (subject to hydrolysis) is 1. The van der Waals surface area contributed by atoms with Crippen molar-refractivity contribution in [3.63, 3.8) is 0 Å². The standard InChI is InChI=1S/C22H24N2O6/c1-14(21(28)24(10-11-25)12-20(26)27)23-22(29)30-13-19-17-8-4-2-6-15(17)16-7-3-5-9-18(16)19/h2-9,14,19,25H,10-13H2,1H3,(H,23,29)(H,26,27)/t14-/m0/s1. The van der Waals surface area contributed by atoms with Crippen molar-refractivity contribution in [2.75, 3.05) is 26.3 Å². The molecule has 1 aliphatic carbocycles. The lowest BCUT2D eigenvalue weighted by Crippen LogP contribution is -2.49. The summed E-state index contributed by atoms with van der Waals surface area (Å²) in [6.07, 6.45) is -0.767. The molecule has 0 unspecified atom stereocenters. The normalized spacial score (nSPS) is 13.1. The Morgan fingerprint density at radius 1 is 1.07 bits per heavy atom. The summed E-state index contributed by atoms with van der Waals surface area (Å²) in [7, 11) is 0. The highest BCUT2D eigenvalue weighted by atomic mass is 16.5. The second-order valence-electron chi connectivity index (χ2n) is 7.07. The lowest BCUT2D eigenvalue weighted by atomic mass is 9.98. The Balaban J connectivity index is 1.62. The van der Waals surface area contributed by atoms with Crippen molar-refractivity contribution in [3.05, 3.63) is 59.7 Å². The Hall–Kier alpha value is -3.39. The molecule has 0 saturated heterocycles. The van der Waals surface area contributed by atoms with Crippen LogP contribution in [0.15, 0.2) is 48.5 Å². The van der Waals surface area contributed by atoms with Gasteiger partial charge in [-0.3, -0.25) is 9.59 Å². The van der Waals surface area contributed by atoms with Gasteiger partial charge in [-0.25, -0.2) is 4.79 Å². The van der Waals surface area contributed by atoms with E-state index in [1.165, 1.54) is 6.92 Å². The van der Waals surface area contributed by atoms with Crippen LogP contribution in [0, 0.1) is 0 Å². The van der Waals surface area contributed by atoms with E-state index in [0.717, 1.165) is 27.2 Å². The minimum atomic E-state index is -1.20. The Morgan fingerprint density at radius 3 is 2.17 bits per heavy atom. The van der Waals surface area contributed by atoms with E-state index in [4.69, 9.17) is 14.9 Å². The topological polar surface area (TPSA) is 116 Å². The fraction of sp³-hybridized carbons (Fsp3) is 0.318. The fourth-order valence-corrected chi connectivity index (χ4v) is 3.70. The Kier molecular flexibility index (Phi) is 6.68. The number of carboxylic acids is 1. The summed E-state index contributed by atoms with van der Waals surface area (Å²) < 4.78 is 5.39. The predicted octanol–water partition coefficient (Wildman–Crippen LogP) is 1.82. The number of benzene rings is 2. The number of rotatable bonds is 8. The molecular weight excluding hydrogens is 388 g/mol. The highest BCUT2D eigenvalue weighted by Crippen LogP contribution is 2.44. The number of carboxylic acid groups (broad SMARTS) is 1. The van der Waals surface area contributed by atoms with E-state index < -0.39 is 30.6 Å². The number of carbonyl (C=O) groups is 3. The highest BCUT2D eigenvalue weighted by Gasteiger charge is 2.30. The van der Waals surface area contributed by atoms with Gasteiger partial charge in [0.25, 0.3) is 0 Å². The van der Waals surface area contributed by atoms with Gasteiger partial charge in [0, 0.05) is 12.5 Å². The van der Waals surface area contributed by atoms with Gasteiger partial charge in [-0.2, -0.15) is 0 Å². The summed E-state index contributed by atoms with van der Waals surface area (Å²) in [5.74, 6) is -1.92. The molecule has 0 heterocycles. The lowest BCUT2D eigenvalue weighted by Gasteiger charge is -2.24. The van der Waals surface area contributed by atoms with Crippen molar-refractivity contribution in [2.24, 2.45) is 0 Å². The molecule has 8 heteroatoms. The number of nitrogens with zero attached hydrogens (tertiary/aromatic N) is 1. The molecule has 1 aliphatic rings. The van der Waals surface area contributed by atoms with E-state index in [1.807, 2.05) is 48.5 Å². The molecule has 2 aromatic carbocycles. The van der Waals surface area contributed by atoms with E-state index in [-0.39, 0.29) is 25.7 Å². The number of aliphatic hydroxyl groups excluding tert-OH is 1. The molecule has 0 aromatic heterocycles. The molecular formula is C22H24N2O6. The largest absolute Gasteiger partial charge is 0.480 e. The molecule has 0 radical (unpaired) electrons. The second kappa shape index (κ2) is 9.41. The maximum absolute atomic E-state index is 12.4. The number of nitrogens with one attached hydrogen (secondary N) is 1. The van der Waals surface area contributed by atoms with Crippen LogP contribution < -0.4 is 5.32 Å². The van der Waals surface area contributed by atoms with Crippen LogP contribution in [-0.4, -0.2) is 65.4 Å². The number of hydrogen-bond donors (Lipinski definition) is 3. The summed E-state index contributed by atoms with van der Waals surface area (Å²) in [5.41, 5.74) is 4.37. The zero-order valence-electron chi connectivity index (χ0n) is 16.6. The first-order chi connectivity index (χ1) is 14.4. The van der Waals surface area contributed by atoms with Gasteiger partial charge in [0.2, 0.25) is 5.91 Å². The number of hydrogen-bond acceptors (Lipinski definition) is 5. The average molecular weight is 412 g/mol. The minimum absolute atomic E-state index is 0.105. The fourth-order valence-electron chi connectivity index (χ4n) is 3.70. The maximum atomic E-state index is 12.4. The van der Waals surface area contributed by atoms with Gasteiger partial charge in [0.1, 0.15) is 19.2 Å². The molecule has 3 rings (SSSR count). The average Bonchev–Trinajstić information content (AvgIpc) is 3.05. The zero-order valence-corrected chi connectivity index (χ0v) is 16.6. The lowest BCUT2D eigenvalue weighted by molar-refractivity contribution is -0.145. The van der Waals surface area contributed by atoms with Crippen LogP contribution in [0.1, 0.15) is 24.0 Å². The maximum Gasteiger partial charge on any atom is 0.407 e. The number of carbonyl (C=O) groups excluding carboxylic acids is 2. The van der Waals surface area contributed by atoms with Crippen molar-refractivity contribution in [1.29, 1.82) is 0 Å². The van der Waals surface area contributed by atoms with Crippen LogP contribution in [0.25, 0.3) is 11.1 Å². The van der Waals surface area contributed by atoms with Crippen molar-refractivity contribution < 1.29 is 29.3 Å². The molecule has 0 aliphatic heterocycles. The highest BCUT2D eigenvalue weighted by molar-refractivity contribution is 5.87. The van der Waals surface area contributed by atoms with Crippen LogP contribution in [0.5, 0.6) is 0 Å². The Bertz CT molecular complexity index is 899. The predicted molar refractivity (Wildman–Crippen MR) is 109 cm³/mol. The zero-order chi connectivity index (χ0) is 21.7. The van der Waals surface area contributed by atoms with Crippen LogP contribution in [0.2, 0.25) is 0 Å². The van der Waals surface area contributed by atoms with Crippen molar-refractivity contribution >= 4 is 18.0 Å². The van der Waals surface area contributed by atoms with E-state index in [2.05, 4.69) is 5.32 Å². The molecule has 0 fully saturated rings. The summed E-state index contributed by atoms with van der Waals surface area (Å²) in [6.45, 7) is 0.473. The minimum Gasteiger partial charge on any atom is -0.480 e. The van der Waals surface area contributed by atoms with Gasteiger partial charge in [-0.05, 0) is 29.2 Å². The third kappa shape index (κ3) is 4.60. The van der Waals surface area contributed by atoms with Gasteiger partial charge in [0.15, 0.2) is 0 Å². The van der Waals surface area contributed by atoms with Crippen LogP contribution in [0.4, 0.5) is 4.79 Å². The molecule has 3 N–H and O–H groups in total. The van der Waals surface area contributed by atoms with Crippen molar-refractivity contribution in [2.45, 2.75) is 18.9 Å². The molecule has 2 aromatic rings. The first-order valence-corrected chi connectivity index (χ1v) is 9.65. The molecule has 30 heavy (non-hydrogen) atoms. The SMILES string of the molecule is C[C@H](NC(=O)OCC1c2ccccc2-c2ccccc21)C(=O)N(CCO)CC(=O)O. The van der Waals surface area contributed by atoms with E-state index >= 15 is 0 Å². The van der Waals surface area contributed by atoms with Crippen molar-refractivity contribution in [3.8, 4) is 11.1 Å². The molecule has 0 saturated carbocycles. The monoisotopic (exact) mass is 412 g/mol. The van der Waals surface area contributed by atoms with E-state index in [1.54, 1.807) is 0 Å². The summed E-state index contributed by atoms with van der Waals surface area (Å²) in [6, 6.07) is 14.9. The van der Waals surface area contributed by atoms with Crippen LogP contribution in [-0.2, 0) is 14.3 Å². The summed E-state index contributed by atoms with van der Waals surface area (Å²) in [4.78, 5) is 36.5. The Labute approximate surface area is 174 Å². The molecule has 0 spiro atoms. The van der Waals surface area contributed by atoms with Gasteiger partial charge in [-0.15, -0.1) is 0 Å². The van der Waals surface area contributed by atoms with Gasteiger partial charge < -0.3 is 25.2 Å². The summed E-state index contributed by atoms with van der Waals surface area (Å²) in [5, 5.41) is 20.4. The third-order valence-corrected chi connectivity index (χ3v) is 5.06. The molecule has 0 bridgehead atoms. The molecule has 158 valence electrons. The number of fused-ring (bicyclic) bond motifs is 3. The van der Waals surface area contributed by atoms with Crippen LogP contribution in [0.3, 0.4) is 0 Å².